The topological polar surface area (TPSA) is 23.0 Å². The van der Waals surface area contributed by atoms with Gasteiger partial charge in [0, 0.05) is 49.8 Å². The molecule has 9 aromatic carbocycles. The zero-order chi connectivity index (χ0) is 35.8. The Kier molecular flexibility index (Phi) is 5.63. The quantitative estimate of drug-likeness (QED) is 0.180. The van der Waals surface area contributed by atoms with Crippen LogP contribution in [0.3, 0.4) is 0 Å². The zero-order valence-corrected chi connectivity index (χ0v) is 29.6. The number of hydrogen-bond acceptors (Lipinski definition) is 1. The van der Waals surface area contributed by atoms with E-state index in [1.54, 1.807) is 0 Å². The van der Waals surface area contributed by atoms with E-state index in [2.05, 4.69) is 185 Å². The molecule has 0 amide bonds. The summed E-state index contributed by atoms with van der Waals surface area (Å²) in [5, 5.41) is 9.80. The number of furan rings is 1. The number of fused-ring (bicyclic) bond motifs is 13. The van der Waals surface area contributed by atoms with Gasteiger partial charge in [0.2, 0.25) is 0 Å². The fourth-order valence-corrected chi connectivity index (χ4v) is 9.69. The van der Waals surface area contributed by atoms with Crippen LogP contribution in [-0.2, 0) is 0 Å². The molecule has 12 aromatic rings. The first kappa shape index (κ1) is 29.1. The van der Waals surface area contributed by atoms with Gasteiger partial charge in [0.1, 0.15) is 11.2 Å². The fraction of sp³-hybridized carbons (Fsp3) is 0. The monoisotopic (exact) mass is 698 g/mol. The van der Waals surface area contributed by atoms with Gasteiger partial charge in [-0.05, 0) is 92.7 Å². The molecule has 0 atom stereocenters. The Bertz CT molecular complexity index is 3590. The third-order valence-electron chi connectivity index (χ3n) is 12.0. The van der Waals surface area contributed by atoms with E-state index >= 15 is 0 Å². The molecule has 254 valence electrons. The summed E-state index contributed by atoms with van der Waals surface area (Å²) in [4.78, 5) is 0. The third kappa shape index (κ3) is 3.89. The van der Waals surface area contributed by atoms with E-state index in [4.69, 9.17) is 4.42 Å². The number of benzene rings is 9. The van der Waals surface area contributed by atoms with Crippen molar-refractivity contribution < 1.29 is 4.42 Å². The van der Waals surface area contributed by atoms with Crippen LogP contribution in [0.5, 0.6) is 0 Å². The molecule has 13 rings (SSSR count). The van der Waals surface area contributed by atoms with Crippen LogP contribution >= 0.6 is 0 Å². The molecule has 1 aliphatic carbocycles. The van der Waals surface area contributed by atoms with E-state index in [9.17, 15) is 0 Å². The second kappa shape index (κ2) is 10.6. The molecule has 0 saturated carbocycles. The van der Waals surface area contributed by atoms with Crippen molar-refractivity contribution in [3.05, 3.63) is 182 Å². The Morgan fingerprint density at radius 3 is 1.96 bits per heavy atom. The number of rotatable bonds is 3. The van der Waals surface area contributed by atoms with Crippen molar-refractivity contribution >= 4 is 76.3 Å². The van der Waals surface area contributed by atoms with E-state index < -0.39 is 0 Å². The van der Waals surface area contributed by atoms with Crippen LogP contribution in [0.15, 0.2) is 186 Å². The maximum atomic E-state index is 6.55. The predicted octanol–water partition coefficient (Wildman–Crippen LogP) is 14.2. The van der Waals surface area contributed by atoms with Crippen LogP contribution in [0.1, 0.15) is 0 Å². The van der Waals surface area contributed by atoms with Crippen molar-refractivity contribution in [3.63, 3.8) is 0 Å². The molecule has 1 aliphatic rings. The Morgan fingerprint density at radius 1 is 0.327 bits per heavy atom. The van der Waals surface area contributed by atoms with Crippen molar-refractivity contribution in [2.45, 2.75) is 0 Å². The van der Waals surface area contributed by atoms with Crippen molar-refractivity contribution in [2.24, 2.45) is 0 Å². The minimum atomic E-state index is 0.896. The van der Waals surface area contributed by atoms with Gasteiger partial charge in [-0.2, -0.15) is 0 Å². The SMILES string of the molecule is c1ccc(-c2cccc(-n3c4ccccc4c4c3ccc3c5cc6c(cc5n(-c5ccc7c(c5)-c5cccc8cccc-7c58)c34)oc3ccccc36)c2)cc1. The fourth-order valence-electron chi connectivity index (χ4n) is 9.69. The molecule has 0 aliphatic heterocycles. The number of para-hydroxylation sites is 2. The maximum absolute atomic E-state index is 6.55. The van der Waals surface area contributed by atoms with Crippen molar-refractivity contribution in [2.75, 3.05) is 0 Å². The summed E-state index contributed by atoms with van der Waals surface area (Å²) in [5.41, 5.74) is 16.3. The Labute approximate surface area is 315 Å². The van der Waals surface area contributed by atoms with Gasteiger partial charge >= 0.3 is 0 Å². The number of nitrogens with zero attached hydrogens (tertiary/aromatic N) is 2. The summed E-state index contributed by atoms with van der Waals surface area (Å²) >= 11 is 0. The van der Waals surface area contributed by atoms with Crippen LogP contribution in [0.25, 0.3) is 121 Å². The molecule has 0 bridgehead atoms. The predicted molar refractivity (Wildman–Crippen MR) is 230 cm³/mol. The molecular weight excluding hydrogens is 669 g/mol. The molecule has 0 radical (unpaired) electrons. The standard InChI is InChI=1S/C52H30N2O/c1-2-11-31(12-3-1)33-15-8-16-34(27-33)53-45-21-6-4-18-41(45)51-46(53)26-25-40-43-29-44-37-17-5-7-22-48(37)55-49(44)30-47(43)54(52(40)51)35-23-24-36-38-19-9-13-32-14-10-20-39(50(32)38)42(36)28-35/h1-30H. The van der Waals surface area contributed by atoms with Gasteiger partial charge in [0.15, 0.2) is 0 Å². The minimum Gasteiger partial charge on any atom is -0.456 e. The summed E-state index contributed by atoms with van der Waals surface area (Å²) in [5.74, 6) is 0. The number of aromatic nitrogens is 2. The lowest BCUT2D eigenvalue weighted by Crippen LogP contribution is -1.96. The highest BCUT2D eigenvalue weighted by molar-refractivity contribution is 6.28. The van der Waals surface area contributed by atoms with Gasteiger partial charge in [0.05, 0.1) is 22.1 Å². The Balaban J connectivity index is 1.17. The van der Waals surface area contributed by atoms with Crippen molar-refractivity contribution in [3.8, 4) is 44.8 Å². The Morgan fingerprint density at radius 2 is 1.07 bits per heavy atom. The Hall–Kier alpha value is -7.36. The second-order valence-electron chi connectivity index (χ2n) is 14.9. The molecule has 3 heteroatoms. The molecule has 0 fully saturated rings. The first-order valence-electron chi connectivity index (χ1n) is 18.9. The molecule has 0 spiro atoms. The second-order valence-corrected chi connectivity index (χ2v) is 14.9. The normalized spacial score (nSPS) is 12.4. The van der Waals surface area contributed by atoms with Crippen LogP contribution in [0.4, 0.5) is 0 Å². The molecule has 55 heavy (non-hydrogen) atoms. The van der Waals surface area contributed by atoms with Crippen LogP contribution in [0, 0.1) is 0 Å². The maximum Gasteiger partial charge on any atom is 0.137 e. The molecule has 0 saturated heterocycles. The number of hydrogen-bond donors (Lipinski definition) is 0. The zero-order valence-electron chi connectivity index (χ0n) is 29.6. The molecule has 3 nitrogen and oxygen atoms in total. The average molecular weight is 699 g/mol. The first-order valence-corrected chi connectivity index (χ1v) is 18.9. The molecular formula is C52H30N2O. The summed E-state index contributed by atoms with van der Waals surface area (Å²) in [6.45, 7) is 0. The van der Waals surface area contributed by atoms with Gasteiger partial charge in [-0.3, -0.25) is 0 Å². The summed E-state index contributed by atoms with van der Waals surface area (Å²) in [6, 6.07) is 66.5. The smallest absolute Gasteiger partial charge is 0.137 e. The van der Waals surface area contributed by atoms with Crippen molar-refractivity contribution in [1.82, 2.24) is 9.13 Å². The highest BCUT2D eigenvalue weighted by atomic mass is 16.3. The van der Waals surface area contributed by atoms with Crippen LogP contribution in [0.2, 0.25) is 0 Å². The molecule has 3 aromatic heterocycles. The highest BCUT2D eigenvalue weighted by Gasteiger charge is 2.25. The third-order valence-corrected chi connectivity index (χ3v) is 12.0. The highest BCUT2D eigenvalue weighted by Crippen LogP contribution is 2.49. The van der Waals surface area contributed by atoms with Crippen LogP contribution in [-0.4, -0.2) is 9.13 Å². The van der Waals surface area contributed by atoms with Gasteiger partial charge in [-0.25, -0.2) is 0 Å². The lowest BCUT2D eigenvalue weighted by Gasteiger charge is -2.13. The van der Waals surface area contributed by atoms with E-state index in [0.29, 0.717) is 0 Å². The van der Waals surface area contributed by atoms with E-state index in [1.807, 2.05) is 6.07 Å². The van der Waals surface area contributed by atoms with E-state index in [0.717, 1.165) is 38.8 Å². The van der Waals surface area contributed by atoms with Crippen LogP contribution < -0.4 is 0 Å². The lowest BCUT2D eigenvalue weighted by molar-refractivity contribution is 0.669. The molecule has 3 heterocycles. The van der Waals surface area contributed by atoms with Gasteiger partial charge < -0.3 is 13.6 Å². The van der Waals surface area contributed by atoms with Crippen molar-refractivity contribution in [1.29, 1.82) is 0 Å². The van der Waals surface area contributed by atoms with E-state index in [1.165, 1.54) is 82.2 Å². The largest absolute Gasteiger partial charge is 0.456 e. The lowest BCUT2D eigenvalue weighted by atomic mass is 10.0. The molecule has 0 N–H and O–H groups in total. The minimum absolute atomic E-state index is 0.896. The average Bonchev–Trinajstić information content (AvgIpc) is 3.97. The van der Waals surface area contributed by atoms with Gasteiger partial charge in [-0.15, -0.1) is 0 Å². The summed E-state index contributed by atoms with van der Waals surface area (Å²) < 4.78 is 11.5. The first-order chi connectivity index (χ1) is 27.3. The molecule has 0 unspecified atom stereocenters. The summed E-state index contributed by atoms with van der Waals surface area (Å²) in [7, 11) is 0. The van der Waals surface area contributed by atoms with E-state index in [-0.39, 0.29) is 0 Å². The summed E-state index contributed by atoms with van der Waals surface area (Å²) in [6.07, 6.45) is 0. The van der Waals surface area contributed by atoms with Gasteiger partial charge in [0.25, 0.3) is 0 Å². The van der Waals surface area contributed by atoms with Gasteiger partial charge in [-0.1, -0.05) is 127 Å².